The average molecular weight is 244 g/mol. The molecule has 3 rings (SSSR count). The Morgan fingerprint density at radius 2 is 1.83 bits per heavy atom. The number of aromatic nitrogens is 4. The molecule has 0 unspecified atom stereocenters. The lowest BCUT2D eigenvalue weighted by atomic mass is 9.98. The highest BCUT2D eigenvalue weighted by molar-refractivity contribution is 5.54. The summed E-state index contributed by atoms with van der Waals surface area (Å²) in [5.41, 5.74) is 0.944. The van der Waals surface area contributed by atoms with Crippen molar-refractivity contribution >= 4 is 0 Å². The Kier molecular flexibility index (Phi) is 3.21. The van der Waals surface area contributed by atoms with Gasteiger partial charge in [0.2, 0.25) is 5.82 Å². The van der Waals surface area contributed by atoms with Crippen LogP contribution in [0.1, 0.15) is 32.1 Å². The van der Waals surface area contributed by atoms with Gasteiger partial charge in [-0.1, -0.05) is 6.42 Å². The number of rotatable bonds is 3. The van der Waals surface area contributed by atoms with E-state index in [9.17, 15) is 0 Å². The van der Waals surface area contributed by atoms with E-state index < -0.39 is 0 Å². The molecule has 2 aromatic rings. The first-order valence-corrected chi connectivity index (χ1v) is 6.42. The highest BCUT2D eigenvalue weighted by atomic mass is 16.5. The normalized spacial score (nSPS) is 16.7. The quantitative estimate of drug-likeness (QED) is 0.901. The molecule has 1 aromatic carbocycles. The van der Waals surface area contributed by atoms with Crippen LogP contribution >= 0.6 is 0 Å². The second kappa shape index (κ2) is 5.16. The predicted molar refractivity (Wildman–Crippen MR) is 67.1 cm³/mol. The first-order valence-electron chi connectivity index (χ1n) is 6.42. The number of aromatic amines is 1. The van der Waals surface area contributed by atoms with Crippen molar-refractivity contribution in [2.24, 2.45) is 0 Å². The maximum Gasteiger partial charge on any atom is 0.204 e. The lowest BCUT2D eigenvalue weighted by Crippen LogP contribution is -2.19. The van der Waals surface area contributed by atoms with Crippen LogP contribution in [0.15, 0.2) is 24.3 Å². The van der Waals surface area contributed by atoms with Gasteiger partial charge in [-0.15, -0.1) is 10.2 Å². The number of hydrogen-bond donors (Lipinski definition) is 1. The van der Waals surface area contributed by atoms with Crippen molar-refractivity contribution in [1.82, 2.24) is 20.6 Å². The van der Waals surface area contributed by atoms with E-state index in [0.717, 1.165) is 11.3 Å². The van der Waals surface area contributed by atoms with Crippen molar-refractivity contribution in [1.29, 1.82) is 0 Å². The van der Waals surface area contributed by atoms with Crippen LogP contribution < -0.4 is 4.74 Å². The molecule has 0 atom stereocenters. The Bertz CT molecular complexity index is 474. The molecule has 1 aliphatic carbocycles. The van der Waals surface area contributed by atoms with Crippen molar-refractivity contribution < 1.29 is 4.74 Å². The molecule has 0 bridgehead atoms. The largest absolute Gasteiger partial charge is 0.490 e. The zero-order valence-corrected chi connectivity index (χ0v) is 10.2. The molecule has 1 N–H and O–H groups in total. The monoisotopic (exact) mass is 244 g/mol. The molecule has 0 radical (unpaired) electrons. The Balaban J connectivity index is 1.67. The molecule has 0 aliphatic heterocycles. The van der Waals surface area contributed by atoms with Gasteiger partial charge in [0.25, 0.3) is 0 Å². The molecular formula is C13H16N4O. The van der Waals surface area contributed by atoms with E-state index >= 15 is 0 Å². The molecule has 94 valence electrons. The minimum atomic E-state index is 0.384. The van der Waals surface area contributed by atoms with Gasteiger partial charge in [-0.05, 0) is 55.2 Å². The van der Waals surface area contributed by atoms with E-state index in [1.807, 2.05) is 24.3 Å². The first kappa shape index (κ1) is 11.2. The van der Waals surface area contributed by atoms with Gasteiger partial charge in [0.05, 0.1) is 6.10 Å². The van der Waals surface area contributed by atoms with E-state index in [4.69, 9.17) is 4.74 Å². The smallest absolute Gasteiger partial charge is 0.204 e. The third kappa shape index (κ3) is 2.50. The number of H-pyrrole nitrogens is 1. The van der Waals surface area contributed by atoms with E-state index in [1.165, 1.54) is 32.1 Å². The summed E-state index contributed by atoms with van der Waals surface area (Å²) in [6.07, 6.45) is 6.64. The van der Waals surface area contributed by atoms with Crippen LogP contribution in [-0.4, -0.2) is 26.7 Å². The average Bonchev–Trinajstić information content (AvgIpc) is 2.95. The lowest BCUT2D eigenvalue weighted by Gasteiger charge is -2.22. The fourth-order valence-corrected chi connectivity index (χ4v) is 2.34. The Hall–Kier alpha value is -1.91. The maximum atomic E-state index is 5.96. The summed E-state index contributed by atoms with van der Waals surface area (Å²) in [5, 5.41) is 13.9. The third-order valence-corrected chi connectivity index (χ3v) is 3.31. The minimum Gasteiger partial charge on any atom is -0.490 e. The molecule has 0 spiro atoms. The van der Waals surface area contributed by atoms with Gasteiger partial charge in [-0.3, -0.25) is 0 Å². The van der Waals surface area contributed by atoms with Crippen molar-refractivity contribution in [2.75, 3.05) is 0 Å². The highest BCUT2D eigenvalue weighted by Crippen LogP contribution is 2.24. The highest BCUT2D eigenvalue weighted by Gasteiger charge is 2.14. The van der Waals surface area contributed by atoms with Gasteiger partial charge >= 0.3 is 0 Å². The molecule has 0 saturated heterocycles. The number of hydrogen-bond acceptors (Lipinski definition) is 4. The fraction of sp³-hybridized carbons (Fsp3) is 0.462. The number of ether oxygens (including phenoxy) is 1. The molecular weight excluding hydrogens is 228 g/mol. The standard InChI is InChI=1S/C13H16N4O/c1-2-4-11(5-3-1)18-12-8-6-10(7-9-12)13-14-16-17-15-13/h6-9,11H,1-5H2,(H,14,15,16,17). The zero-order valence-electron chi connectivity index (χ0n) is 10.2. The molecule has 1 fully saturated rings. The van der Waals surface area contributed by atoms with Crippen LogP contribution in [0, 0.1) is 0 Å². The van der Waals surface area contributed by atoms with Crippen LogP contribution in [0.2, 0.25) is 0 Å². The predicted octanol–water partition coefficient (Wildman–Crippen LogP) is 2.58. The summed E-state index contributed by atoms with van der Waals surface area (Å²) in [4.78, 5) is 0. The number of tetrazole rings is 1. The number of benzene rings is 1. The molecule has 18 heavy (non-hydrogen) atoms. The third-order valence-electron chi connectivity index (χ3n) is 3.31. The van der Waals surface area contributed by atoms with Crippen LogP contribution in [0.5, 0.6) is 5.75 Å². The van der Waals surface area contributed by atoms with Crippen molar-refractivity contribution in [2.45, 2.75) is 38.2 Å². The van der Waals surface area contributed by atoms with Gasteiger partial charge in [0, 0.05) is 5.56 Å². The van der Waals surface area contributed by atoms with Gasteiger partial charge in [-0.2, -0.15) is 5.21 Å². The Morgan fingerprint density at radius 1 is 1.06 bits per heavy atom. The number of nitrogens with zero attached hydrogens (tertiary/aromatic N) is 3. The van der Waals surface area contributed by atoms with Crippen LogP contribution in [0.4, 0.5) is 0 Å². The van der Waals surface area contributed by atoms with E-state index in [1.54, 1.807) is 0 Å². The van der Waals surface area contributed by atoms with Crippen molar-refractivity contribution in [3.8, 4) is 17.1 Å². The van der Waals surface area contributed by atoms with E-state index in [0.29, 0.717) is 11.9 Å². The summed E-state index contributed by atoms with van der Waals surface area (Å²) < 4.78 is 5.96. The molecule has 5 nitrogen and oxygen atoms in total. The van der Waals surface area contributed by atoms with Gasteiger partial charge < -0.3 is 4.74 Å². The van der Waals surface area contributed by atoms with Crippen LogP contribution in [-0.2, 0) is 0 Å². The second-order valence-corrected chi connectivity index (χ2v) is 4.64. The van der Waals surface area contributed by atoms with Crippen molar-refractivity contribution in [3.63, 3.8) is 0 Å². The summed E-state index contributed by atoms with van der Waals surface area (Å²) >= 11 is 0. The fourth-order valence-electron chi connectivity index (χ4n) is 2.34. The summed E-state index contributed by atoms with van der Waals surface area (Å²) in [6, 6.07) is 7.87. The summed E-state index contributed by atoms with van der Waals surface area (Å²) in [5.74, 6) is 1.54. The summed E-state index contributed by atoms with van der Waals surface area (Å²) in [6.45, 7) is 0. The Labute approximate surface area is 106 Å². The number of nitrogens with one attached hydrogen (secondary N) is 1. The zero-order chi connectivity index (χ0) is 12.2. The topological polar surface area (TPSA) is 63.7 Å². The maximum absolute atomic E-state index is 5.96. The van der Waals surface area contributed by atoms with E-state index in [2.05, 4.69) is 20.6 Å². The summed E-state index contributed by atoms with van der Waals surface area (Å²) in [7, 11) is 0. The van der Waals surface area contributed by atoms with Crippen LogP contribution in [0.25, 0.3) is 11.4 Å². The van der Waals surface area contributed by atoms with Crippen molar-refractivity contribution in [3.05, 3.63) is 24.3 Å². The van der Waals surface area contributed by atoms with Crippen LogP contribution in [0.3, 0.4) is 0 Å². The van der Waals surface area contributed by atoms with Gasteiger partial charge in [0.1, 0.15) is 5.75 Å². The molecule has 0 amide bonds. The molecule has 1 aromatic heterocycles. The lowest BCUT2D eigenvalue weighted by molar-refractivity contribution is 0.155. The molecule has 5 heteroatoms. The molecule has 1 aliphatic rings. The first-order chi connectivity index (χ1) is 8.92. The van der Waals surface area contributed by atoms with Gasteiger partial charge in [0.15, 0.2) is 0 Å². The SMILES string of the molecule is c1cc(-c2nn[nH]n2)ccc1OC1CCCCC1. The van der Waals surface area contributed by atoms with Gasteiger partial charge in [-0.25, -0.2) is 0 Å². The van der Waals surface area contributed by atoms with E-state index in [-0.39, 0.29) is 0 Å². The molecule has 1 saturated carbocycles. The minimum absolute atomic E-state index is 0.384. The molecule has 1 heterocycles. The Morgan fingerprint density at radius 3 is 2.50 bits per heavy atom. The second-order valence-electron chi connectivity index (χ2n) is 4.64.